The van der Waals surface area contributed by atoms with Gasteiger partial charge < -0.3 is 4.57 Å². The summed E-state index contributed by atoms with van der Waals surface area (Å²) in [6.45, 7) is 42.5. The van der Waals surface area contributed by atoms with Crippen LogP contribution in [0.2, 0.25) is 0 Å². The first-order chi connectivity index (χ1) is 36.4. The number of benzene rings is 6. The smallest absolute Gasteiger partial charge is 0.126 e. The summed E-state index contributed by atoms with van der Waals surface area (Å²) in [6.07, 6.45) is 8.77. The number of hydrogen-bond donors (Lipinski definition) is 0. The molecule has 6 aromatic carbocycles. The molecule has 8 nitrogen and oxygen atoms in total. The van der Waals surface area contributed by atoms with Crippen molar-refractivity contribution in [1.29, 1.82) is 0 Å². The number of nitrogens with zero attached hydrogens (tertiary/aromatic N) is 8. The number of fused-ring (bicyclic) bond motifs is 7. The molecule has 0 radical (unpaired) electrons. The largest absolute Gasteiger partial charge is 0.344 e. The van der Waals surface area contributed by atoms with E-state index in [9.17, 15) is 0 Å². The maximum atomic E-state index is 4.33. The molecular weight excluding hydrogens is 917 g/mol. The Bertz CT molecular complexity index is 3240. The number of pyridine rings is 1. The van der Waals surface area contributed by atoms with Crippen LogP contribution in [-0.4, -0.2) is 39.5 Å². The van der Waals surface area contributed by atoms with E-state index < -0.39 is 0 Å². The fourth-order valence-electron chi connectivity index (χ4n) is 7.81. The molecule has 0 amide bonds. The van der Waals surface area contributed by atoms with E-state index in [1.807, 2.05) is 133 Å². The van der Waals surface area contributed by atoms with Gasteiger partial charge in [0.25, 0.3) is 0 Å². The lowest BCUT2D eigenvalue weighted by molar-refractivity contribution is 1.01. The summed E-state index contributed by atoms with van der Waals surface area (Å²) in [5, 5.41) is 5.10. The Kier molecular flexibility index (Phi) is 31.2. The lowest BCUT2D eigenvalue weighted by Crippen LogP contribution is -1.92. The van der Waals surface area contributed by atoms with Crippen LogP contribution in [0.25, 0.3) is 65.7 Å². The second-order valence-corrected chi connectivity index (χ2v) is 16.1. The van der Waals surface area contributed by atoms with E-state index in [-0.39, 0.29) is 0 Å². The zero-order chi connectivity index (χ0) is 56.6. The molecule has 0 unspecified atom stereocenters. The van der Waals surface area contributed by atoms with Gasteiger partial charge in [-0.15, -0.1) is 0 Å². The Morgan fingerprint density at radius 3 is 1.39 bits per heavy atom. The van der Waals surface area contributed by atoms with Crippen molar-refractivity contribution in [2.45, 2.75) is 145 Å². The Labute approximate surface area is 452 Å². The van der Waals surface area contributed by atoms with Crippen LogP contribution in [0, 0.1) is 62.3 Å². The van der Waals surface area contributed by atoms with Gasteiger partial charge in [0.2, 0.25) is 0 Å². The Hall–Kier alpha value is -7.45. The molecule has 0 N–H and O–H groups in total. The highest BCUT2D eigenvalue weighted by Crippen LogP contribution is 2.28. The van der Waals surface area contributed by atoms with Crippen LogP contribution in [0.3, 0.4) is 0 Å². The summed E-state index contributed by atoms with van der Waals surface area (Å²) in [4.78, 5) is 30.0. The molecule has 8 heteroatoms. The predicted octanol–water partition coefficient (Wildman–Crippen LogP) is 19.4. The molecule has 0 saturated carbocycles. The second-order valence-electron chi connectivity index (χ2n) is 16.1. The first-order valence-electron chi connectivity index (χ1n) is 27.2. The van der Waals surface area contributed by atoms with Crippen molar-refractivity contribution in [2.24, 2.45) is 7.05 Å². The predicted molar refractivity (Wildman–Crippen MR) is 332 cm³/mol. The lowest BCUT2D eigenvalue weighted by Gasteiger charge is -2.01. The molecular formula is C67H90N8. The van der Waals surface area contributed by atoms with Crippen LogP contribution >= 0.6 is 0 Å². The zero-order valence-corrected chi connectivity index (χ0v) is 49.9. The first kappa shape index (κ1) is 65.6. The van der Waals surface area contributed by atoms with Gasteiger partial charge in [-0.05, 0) is 139 Å². The van der Waals surface area contributed by atoms with Crippen LogP contribution in [0.15, 0.2) is 146 Å². The van der Waals surface area contributed by atoms with Gasteiger partial charge in [0.15, 0.2) is 0 Å². The molecule has 0 bridgehead atoms. The van der Waals surface area contributed by atoms with Crippen molar-refractivity contribution >= 4 is 65.7 Å². The molecule has 0 aliphatic carbocycles. The average Bonchev–Trinajstić information content (AvgIpc) is 3.73. The normalized spacial score (nSPS) is 9.47. The fourth-order valence-corrected chi connectivity index (χ4v) is 7.81. The number of para-hydroxylation sites is 2. The molecule has 398 valence electrons. The van der Waals surface area contributed by atoms with Gasteiger partial charge in [-0.1, -0.05) is 161 Å². The maximum absolute atomic E-state index is 4.33. The third kappa shape index (κ3) is 18.8. The molecule has 0 fully saturated rings. The summed E-state index contributed by atoms with van der Waals surface area (Å²) in [7, 11) is 2.12. The molecule has 0 saturated heterocycles. The van der Waals surface area contributed by atoms with Crippen LogP contribution in [0.4, 0.5) is 0 Å². The number of hydrogen-bond acceptors (Lipinski definition) is 7. The summed E-state index contributed by atoms with van der Waals surface area (Å²) in [6, 6.07) is 39.9. The van der Waals surface area contributed by atoms with Crippen LogP contribution < -0.4 is 0 Å². The van der Waals surface area contributed by atoms with E-state index in [2.05, 4.69) is 180 Å². The van der Waals surface area contributed by atoms with Gasteiger partial charge in [0, 0.05) is 76.3 Å². The molecule has 0 atom stereocenters. The number of aryl methyl sites for hydroxylation is 10. The fraction of sp³-hybridized carbons (Fsp3) is 0.328. The second kappa shape index (κ2) is 35.7. The van der Waals surface area contributed by atoms with Crippen molar-refractivity contribution in [2.75, 3.05) is 0 Å². The lowest BCUT2D eigenvalue weighted by atomic mass is 10.1. The van der Waals surface area contributed by atoms with E-state index in [1.165, 1.54) is 66.1 Å². The molecule has 0 spiro atoms. The van der Waals surface area contributed by atoms with Crippen molar-refractivity contribution in [3.63, 3.8) is 0 Å². The van der Waals surface area contributed by atoms with Crippen molar-refractivity contribution < 1.29 is 0 Å². The summed E-state index contributed by atoms with van der Waals surface area (Å²) >= 11 is 0. The number of rotatable bonds is 0. The average molecular weight is 1010 g/mol. The molecule has 11 aromatic rings. The van der Waals surface area contributed by atoms with Crippen LogP contribution in [0.1, 0.15) is 134 Å². The molecule has 75 heavy (non-hydrogen) atoms. The standard InChI is InChI=1S/C14H13N.C11H11N.3C10H10N2.6C2H6/c1-10-7-8-14-12(9-10)11-5-3-4-6-13(11)15(14)2;1-8-3-4-11-10(7-8)9(2)5-6-12-11;1-7-5-8(2)10-9(6-7)11-3-4-12-10;1-7-3-4-8(2)10-9(7)11-5-6-12-10;1-7-9-5-3-4-6-10(9)12-8(2)11-7;6*1-2/h3-9H,1-2H3;3-7H,1-2H3;3*3-6H,1-2H3;6*1-2H3. The molecule has 0 aliphatic rings. The molecule has 11 rings (SSSR count). The van der Waals surface area contributed by atoms with Gasteiger partial charge in [-0.2, -0.15) is 0 Å². The zero-order valence-electron chi connectivity index (χ0n) is 49.9. The summed E-state index contributed by atoms with van der Waals surface area (Å²) < 4.78 is 2.25. The van der Waals surface area contributed by atoms with Gasteiger partial charge in [-0.25, -0.2) is 9.97 Å². The van der Waals surface area contributed by atoms with E-state index in [0.29, 0.717) is 0 Å². The van der Waals surface area contributed by atoms with E-state index in [0.717, 1.165) is 50.0 Å². The van der Waals surface area contributed by atoms with Gasteiger partial charge in [-0.3, -0.25) is 24.9 Å². The maximum Gasteiger partial charge on any atom is 0.126 e. The summed E-state index contributed by atoms with van der Waals surface area (Å²) in [5.74, 6) is 0.839. The SMILES string of the molecule is CC.CC.CC.CC.CC.CC.Cc1cc(C)c2nccnc2c1.Cc1ccc(C)c2nccnc12.Cc1ccc2c(c1)c1ccccc1n2C.Cc1ccc2nccc(C)c2c1.Cc1nc(C)c2ccccc2n1. The highest BCUT2D eigenvalue weighted by atomic mass is 14.9. The van der Waals surface area contributed by atoms with E-state index in [1.54, 1.807) is 24.8 Å². The monoisotopic (exact) mass is 1010 g/mol. The Morgan fingerprint density at radius 2 is 0.787 bits per heavy atom. The van der Waals surface area contributed by atoms with Crippen molar-refractivity contribution in [3.8, 4) is 0 Å². The Balaban J connectivity index is 0.000000447. The highest BCUT2D eigenvalue weighted by molar-refractivity contribution is 6.08. The van der Waals surface area contributed by atoms with E-state index >= 15 is 0 Å². The van der Waals surface area contributed by atoms with Crippen molar-refractivity contribution in [1.82, 2.24) is 39.5 Å². The minimum atomic E-state index is 0.839. The van der Waals surface area contributed by atoms with Crippen LogP contribution in [-0.2, 0) is 7.05 Å². The number of aromatic nitrogens is 8. The third-order valence-corrected chi connectivity index (χ3v) is 11.0. The molecule has 0 aliphatic heterocycles. The topological polar surface area (TPSA) is 95.2 Å². The quantitative estimate of drug-likeness (QED) is 0.149. The minimum Gasteiger partial charge on any atom is -0.344 e. The van der Waals surface area contributed by atoms with Crippen molar-refractivity contribution in [3.05, 3.63) is 197 Å². The van der Waals surface area contributed by atoms with Gasteiger partial charge >= 0.3 is 0 Å². The summed E-state index contributed by atoms with van der Waals surface area (Å²) in [5.41, 5.74) is 18.5. The van der Waals surface area contributed by atoms with Crippen LogP contribution in [0.5, 0.6) is 0 Å². The molecule has 5 heterocycles. The first-order valence-corrected chi connectivity index (χ1v) is 27.2. The third-order valence-electron chi connectivity index (χ3n) is 11.0. The van der Waals surface area contributed by atoms with Gasteiger partial charge in [0.1, 0.15) is 5.82 Å². The highest BCUT2D eigenvalue weighted by Gasteiger charge is 2.07. The molecule has 5 aromatic heterocycles. The Morgan fingerprint density at radius 1 is 0.307 bits per heavy atom. The minimum absolute atomic E-state index is 0.839. The van der Waals surface area contributed by atoms with E-state index in [4.69, 9.17) is 0 Å². The van der Waals surface area contributed by atoms with Gasteiger partial charge in [0.05, 0.1) is 33.1 Å².